The predicted octanol–water partition coefficient (Wildman–Crippen LogP) is 1.40. The fourth-order valence-electron chi connectivity index (χ4n) is 1.01. The first-order valence-electron chi connectivity index (χ1n) is 4.72. The molecule has 0 atom stereocenters. The molecule has 0 heterocycles. The summed E-state index contributed by atoms with van der Waals surface area (Å²) in [4.78, 5) is 10.8. The van der Waals surface area contributed by atoms with Gasteiger partial charge in [0.2, 0.25) is 5.91 Å². The summed E-state index contributed by atoms with van der Waals surface area (Å²) in [5.74, 6) is 6.27. The average Bonchev–Trinajstić information content (AvgIpc) is 2.35. The number of methoxy groups -OCH3 is 1. The van der Waals surface area contributed by atoms with E-state index < -0.39 is 0 Å². The number of rotatable bonds is 3. The minimum atomic E-state index is -0.217. The van der Waals surface area contributed by atoms with Crippen molar-refractivity contribution < 1.29 is 9.53 Å². The molecular formula is C12H12ClNO2. The van der Waals surface area contributed by atoms with Crippen molar-refractivity contribution in [2.75, 3.05) is 19.5 Å². The lowest BCUT2D eigenvalue weighted by Crippen LogP contribution is -2.24. The summed E-state index contributed by atoms with van der Waals surface area (Å²) in [5.41, 5.74) is 0.876. The van der Waals surface area contributed by atoms with E-state index in [1.54, 1.807) is 7.11 Å². The van der Waals surface area contributed by atoms with Crippen molar-refractivity contribution >= 4 is 17.5 Å². The van der Waals surface area contributed by atoms with Crippen LogP contribution in [0.5, 0.6) is 5.75 Å². The Balaban J connectivity index is 2.47. The largest absolute Gasteiger partial charge is 0.497 e. The molecule has 0 aromatic heterocycles. The van der Waals surface area contributed by atoms with Gasteiger partial charge in [0, 0.05) is 5.56 Å². The normalized spacial score (nSPS) is 8.88. The molecule has 1 aromatic rings. The molecule has 1 amide bonds. The van der Waals surface area contributed by atoms with Gasteiger partial charge in [-0.15, -0.1) is 11.6 Å². The van der Waals surface area contributed by atoms with Gasteiger partial charge < -0.3 is 10.1 Å². The van der Waals surface area contributed by atoms with Gasteiger partial charge in [-0.05, 0) is 24.3 Å². The number of carbonyl (C=O) groups excluding carboxylic acids is 1. The molecule has 0 aliphatic rings. The first-order chi connectivity index (χ1) is 7.76. The van der Waals surface area contributed by atoms with Crippen LogP contribution in [0.2, 0.25) is 0 Å². The monoisotopic (exact) mass is 237 g/mol. The van der Waals surface area contributed by atoms with E-state index in [0.717, 1.165) is 11.3 Å². The molecule has 0 spiro atoms. The second-order valence-electron chi connectivity index (χ2n) is 2.94. The van der Waals surface area contributed by atoms with Crippen molar-refractivity contribution in [1.82, 2.24) is 5.32 Å². The number of amides is 1. The molecule has 0 unspecified atom stereocenters. The number of halogens is 1. The second-order valence-corrected chi connectivity index (χ2v) is 3.21. The van der Waals surface area contributed by atoms with Crippen molar-refractivity contribution in [1.29, 1.82) is 0 Å². The zero-order valence-corrected chi connectivity index (χ0v) is 9.67. The third kappa shape index (κ3) is 4.24. The minimum Gasteiger partial charge on any atom is -0.497 e. The summed E-state index contributed by atoms with van der Waals surface area (Å²) in [5, 5.41) is 2.56. The zero-order valence-electron chi connectivity index (χ0n) is 8.92. The second kappa shape index (κ2) is 6.76. The van der Waals surface area contributed by atoms with Gasteiger partial charge >= 0.3 is 0 Å². The van der Waals surface area contributed by atoms with E-state index in [1.165, 1.54) is 0 Å². The Kier molecular flexibility index (Phi) is 5.24. The highest BCUT2D eigenvalue weighted by atomic mass is 35.5. The van der Waals surface area contributed by atoms with Gasteiger partial charge in [0.05, 0.1) is 13.7 Å². The van der Waals surface area contributed by atoms with E-state index in [4.69, 9.17) is 16.3 Å². The molecule has 0 aliphatic carbocycles. The van der Waals surface area contributed by atoms with E-state index in [-0.39, 0.29) is 11.8 Å². The molecule has 1 aromatic carbocycles. The highest BCUT2D eigenvalue weighted by Crippen LogP contribution is 2.09. The first-order valence-corrected chi connectivity index (χ1v) is 5.25. The van der Waals surface area contributed by atoms with E-state index in [1.807, 2.05) is 24.3 Å². The smallest absolute Gasteiger partial charge is 0.235 e. The number of ether oxygens (including phenoxy) is 1. The first kappa shape index (κ1) is 12.4. The summed E-state index contributed by atoms with van der Waals surface area (Å²) in [6.45, 7) is 0.303. The number of alkyl halides is 1. The van der Waals surface area contributed by atoms with Crippen LogP contribution in [0.1, 0.15) is 5.56 Å². The highest BCUT2D eigenvalue weighted by Gasteiger charge is 1.93. The van der Waals surface area contributed by atoms with Gasteiger partial charge in [-0.1, -0.05) is 11.8 Å². The Bertz CT molecular complexity index is 403. The predicted molar refractivity (Wildman–Crippen MR) is 63.6 cm³/mol. The van der Waals surface area contributed by atoms with Crippen LogP contribution in [0.15, 0.2) is 24.3 Å². The molecule has 84 valence electrons. The SMILES string of the molecule is COc1ccc(C#CCNC(=O)CCl)cc1. The fraction of sp³-hybridized carbons (Fsp3) is 0.250. The fourth-order valence-corrected chi connectivity index (χ4v) is 1.11. The summed E-state index contributed by atoms with van der Waals surface area (Å²) in [7, 11) is 1.61. The van der Waals surface area contributed by atoms with Crippen molar-refractivity contribution in [2.24, 2.45) is 0 Å². The molecule has 0 bridgehead atoms. The Labute approximate surface area is 99.7 Å². The Morgan fingerprint density at radius 2 is 2.12 bits per heavy atom. The number of hydrogen-bond acceptors (Lipinski definition) is 2. The van der Waals surface area contributed by atoms with Crippen molar-refractivity contribution in [3.05, 3.63) is 29.8 Å². The van der Waals surface area contributed by atoms with E-state index in [0.29, 0.717) is 6.54 Å². The van der Waals surface area contributed by atoms with E-state index in [9.17, 15) is 4.79 Å². The maximum absolute atomic E-state index is 10.8. The summed E-state index contributed by atoms with van der Waals surface area (Å²) >= 11 is 5.31. The summed E-state index contributed by atoms with van der Waals surface area (Å²) < 4.78 is 5.02. The number of carbonyl (C=O) groups is 1. The lowest BCUT2D eigenvalue weighted by molar-refractivity contribution is -0.118. The van der Waals surface area contributed by atoms with Crippen LogP contribution < -0.4 is 10.1 Å². The van der Waals surface area contributed by atoms with Crippen molar-refractivity contribution in [2.45, 2.75) is 0 Å². The molecule has 0 fully saturated rings. The maximum atomic E-state index is 10.8. The van der Waals surface area contributed by atoms with E-state index in [2.05, 4.69) is 17.2 Å². The Hall–Kier alpha value is -1.66. The molecule has 0 radical (unpaired) electrons. The summed E-state index contributed by atoms with van der Waals surface area (Å²) in [6.07, 6.45) is 0. The third-order valence-electron chi connectivity index (χ3n) is 1.82. The highest BCUT2D eigenvalue weighted by molar-refractivity contribution is 6.27. The molecule has 16 heavy (non-hydrogen) atoms. The lowest BCUT2D eigenvalue weighted by Gasteiger charge is -1.97. The van der Waals surface area contributed by atoms with Gasteiger partial charge in [0.15, 0.2) is 0 Å². The lowest BCUT2D eigenvalue weighted by atomic mass is 10.2. The topological polar surface area (TPSA) is 38.3 Å². The van der Waals surface area contributed by atoms with Crippen LogP contribution >= 0.6 is 11.6 Å². The Morgan fingerprint density at radius 3 is 2.69 bits per heavy atom. The number of hydrogen-bond donors (Lipinski definition) is 1. The molecule has 1 rings (SSSR count). The van der Waals surface area contributed by atoms with Crippen LogP contribution in [-0.4, -0.2) is 25.4 Å². The van der Waals surface area contributed by atoms with Crippen LogP contribution in [0.3, 0.4) is 0 Å². The van der Waals surface area contributed by atoms with Gasteiger partial charge in [-0.3, -0.25) is 4.79 Å². The molecular weight excluding hydrogens is 226 g/mol. The quantitative estimate of drug-likeness (QED) is 0.638. The molecule has 4 heteroatoms. The molecule has 0 aliphatic heterocycles. The molecule has 0 saturated heterocycles. The van der Waals surface area contributed by atoms with Crippen LogP contribution in [0, 0.1) is 11.8 Å². The van der Waals surface area contributed by atoms with Crippen LogP contribution in [-0.2, 0) is 4.79 Å². The van der Waals surface area contributed by atoms with Gasteiger partial charge in [0.1, 0.15) is 11.6 Å². The average molecular weight is 238 g/mol. The Morgan fingerprint density at radius 1 is 1.44 bits per heavy atom. The van der Waals surface area contributed by atoms with Crippen molar-refractivity contribution in [3.8, 4) is 17.6 Å². The third-order valence-corrected chi connectivity index (χ3v) is 2.06. The van der Waals surface area contributed by atoms with Gasteiger partial charge in [-0.2, -0.15) is 0 Å². The minimum absolute atomic E-state index is 0.0375. The van der Waals surface area contributed by atoms with Gasteiger partial charge in [-0.25, -0.2) is 0 Å². The van der Waals surface area contributed by atoms with Gasteiger partial charge in [0.25, 0.3) is 0 Å². The van der Waals surface area contributed by atoms with E-state index >= 15 is 0 Å². The van der Waals surface area contributed by atoms with Crippen LogP contribution in [0.4, 0.5) is 0 Å². The maximum Gasteiger partial charge on any atom is 0.235 e. The van der Waals surface area contributed by atoms with Crippen LogP contribution in [0.25, 0.3) is 0 Å². The molecule has 1 N–H and O–H groups in total. The number of benzene rings is 1. The molecule has 0 saturated carbocycles. The number of nitrogens with one attached hydrogen (secondary N) is 1. The summed E-state index contributed by atoms with van der Waals surface area (Å²) in [6, 6.07) is 7.38. The standard InChI is InChI=1S/C12H12ClNO2/c1-16-11-6-4-10(5-7-11)3-2-8-14-12(15)9-13/h4-7H,8-9H2,1H3,(H,14,15). The molecule has 3 nitrogen and oxygen atoms in total. The van der Waals surface area contributed by atoms with Crippen molar-refractivity contribution in [3.63, 3.8) is 0 Å². The zero-order chi connectivity index (χ0) is 11.8.